The van der Waals surface area contributed by atoms with Crippen molar-refractivity contribution in [3.05, 3.63) is 60.2 Å². The highest BCUT2D eigenvalue weighted by Gasteiger charge is 2.15. The van der Waals surface area contributed by atoms with E-state index in [1.54, 1.807) is 53.7 Å². The van der Waals surface area contributed by atoms with Crippen LogP contribution in [0, 0.1) is 0 Å². The van der Waals surface area contributed by atoms with Gasteiger partial charge in [-0.15, -0.1) is 0 Å². The fourth-order valence-corrected chi connectivity index (χ4v) is 2.50. The maximum absolute atomic E-state index is 12.0. The van der Waals surface area contributed by atoms with Crippen molar-refractivity contribution in [2.75, 3.05) is 14.1 Å². The monoisotopic (exact) mass is 304 g/mol. The molecule has 0 aromatic heterocycles. The summed E-state index contributed by atoms with van der Waals surface area (Å²) >= 11 is 0. The Balaban J connectivity index is 2.14. The van der Waals surface area contributed by atoms with E-state index in [1.807, 2.05) is 14.1 Å². The molecule has 110 valence electrons. The van der Waals surface area contributed by atoms with E-state index in [-0.39, 0.29) is 10.6 Å². The molecule has 0 fully saturated rings. The molecule has 0 bridgehead atoms. The van der Waals surface area contributed by atoms with Crippen molar-refractivity contribution in [1.82, 2.24) is 5.01 Å². The van der Waals surface area contributed by atoms with Crippen LogP contribution < -0.4 is 4.18 Å². The van der Waals surface area contributed by atoms with E-state index in [0.29, 0.717) is 0 Å². The van der Waals surface area contributed by atoms with Crippen molar-refractivity contribution in [2.24, 2.45) is 5.10 Å². The van der Waals surface area contributed by atoms with E-state index in [0.717, 1.165) is 5.56 Å². The van der Waals surface area contributed by atoms with Gasteiger partial charge in [0.05, 0.1) is 6.21 Å². The average molecular weight is 304 g/mol. The molecule has 0 aliphatic heterocycles. The summed E-state index contributed by atoms with van der Waals surface area (Å²) < 4.78 is 29.2. The van der Waals surface area contributed by atoms with Crippen LogP contribution in [0.1, 0.15) is 5.56 Å². The van der Waals surface area contributed by atoms with Crippen LogP contribution in [0.25, 0.3) is 0 Å². The Morgan fingerprint density at radius 3 is 2.19 bits per heavy atom. The molecule has 2 rings (SSSR count). The first kappa shape index (κ1) is 15.1. The van der Waals surface area contributed by atoms with Crippen LogP contribution in [0.2, 0.25) is 0 Å². The Bertz CT molecular complexity index is 708. The van der Waals surface area contributed by atoms with Crippen molar-refractivity contribution < 1.29 is 12.6 Å². The third-order valence-electron chi connectivity index (χ3n) is 2.56. The topological polar surface area (TPSA) is 59.0 Å². The largest absolute Gasteiger partial charge is 0.379 e. The van der Waals surface area contributed by atoms with Gasteiger partial charge in [-0.3, -0.25) is 0 Å². The van der Waals surface area contributed by atoms with Gasteiger partial charge in [-0.05, 0) is 42.0 Å². The summed E-state index contributed by atoms with van der Waals surface area (Å²) in [7, 11) is -0.154. The first-order chi connectivity index (χ1) is 9.97. The second-order valence-corrected chi connectivity index (χ2v) is 6.06. The molecular formula is C15H16N2O3S. The summed E-state index contributed by atoms with van der Waals surface area (Å²) in [5.74, 6) is 0.265. The van der Waals surface area contributed by atoms with Crippen molar-refractivity contribution in [2.45, 2.75) is 4.90 Å². The van der Waals surface area contributed by atoms with Gasteiger partial charge in [-0.2, -0.15) is 13.5 Å². The lowest BCUT2D eigenvalue weighted by atomic mass is 10.2. The summed E-state index contributed by atoms with van der Waals surface area (Å²) in [4.78, 5) is 0.128. The molecule has 0 saturated carbocycles. The summed E-state index contributed by atoms with van der Waals surface area (Å²) in [6.07, 6.45) is 1.68. The third kappa shape index (κ3) is 4.32. The van der Waals surface area contributed by atoms with Gasteiger partial charge >= 0.3 is 10.1 Å². The van der Waals surface area contributed by atoms with Crippen molar-refractivity contribution in [3.63, 3.8) is 0 Å². The molecule has 2 aromatic rings. The average Bonchev–Trinajstić information content (AvgIpc) is 2.47. The summed E-state index contributed by atoms with van der Waals surface area (Å²) in [5.41, 5.74) is 0.855. The van der Waals surface area contributed by atoms with Crippen molar-refractivity contribution in [3.8, 4) is 5.75 Å². The molecule has 0 aliphatic rings. The number of hydrazone groups is 1. The number of nitrogens with zero attached hydrogens (tertiary/aromatic N) is 2. The van der Waals surface area contributed by atoms with Crippen molar-refractivity contribution >= 4 is 16.3 Å². The lowest BCUT2D eigenvalue weighted by Crippen LogP contribution is -2.09. The SMILES string of the molecule is CN(C)/N=C/c1ccc(OS(=O)(=O)c2ccccc2)cc1. The highest BCUT2D eigenvalue weighted by Crippen LogP contribution is 2.18. The van der Waals surface area contributed by atoms with E-state index in [2.05, 4.69) is 5.10 Å². The Labute approximate surface area is 124 Å². The second kappa shape index (κ2) is 6.41. The summed E-state index contributed by atoms with van der Waals surface area (Å²) in [6.45, 7) is 0. The predicted molar refractivity (Wildman–Crippen MR) is 82.0 cm³/mol. The molecule has 0 aliphatic carbocycles. The Morgan fingerprint density at radius 1 is 1.00 bits per heavy atom. The number of rotatable bonds is 5. The van der Waals surface area contributed by atoms with Gasteiger partial charge in [0.1, 0.15) is 10.6 Å². The predicted octanol–water partition coefficient (Wildman–Crippen LogP) is 2.35. The minimum absolute atomic E-state index is 0.128. The first-order valence-electron chi connectivity index (χ1n) is 6.28. The van der Waals surface area contributed by atoms with Gasteiger partial charge in [-0.25, -0.2) is 0 Å². The molecular weight excluding hydrogens is 288 g/mol. The fraction of sp³-hybridized carbons (Fsp3) is 0.133. The van der Waals surface area contributed by atoms with Crippen molar-refractivity contribution in [1.29, 1.82) is 0 Å². The zero-order valence-corrected chi connectivity index (χ0v) is 12.6. The van der Waals surface area contributed by atoms with E-state index >= 15 is 0 Å². The molecule has 2 aromatic carbocycles. The molecule has 0 spiro atoms. The molecule has 0 saturated heterocycles. The fourth-order valence-electron chi connectivity index (χ4n) is 1.55. The van der Waals surface area contributed by atoms with E-state index in [9.17, 15) is 8.42 Å². The highest BCUT2D eigenvalue weighted by molar-refractivity contribution is 7.87. The van der Waals surface area contributed by atoms with Gasteiger partial charge in [-0.1, -0.05) is 18.2 Å². The lowest BCUT2D eigenvalue weighted by molar-refractivity contribution is 0.440. The van der Waals surface area contributed by atoms with Crippen LogP contribution in [0.15, 0.2) is 64.6 Å². The van der Waals surface area contributed by atoms with E-state index < -0.39 is 10.1 Å². The quantitative estimate of drug-likeness (QED) is 0.483. The lowest BCUT2D eigenvalue weighted by Gasteiger charge is -2.07. The minimum atomic E-state index is -3.79. The normalized spacial score (nSPS) is 11.5. The number of hydrogen-bond acceptors (Lipinski definition) is 5. The summed E-state index contributed by atoms with van der Waals surface area (Å²) in [6, 6.07) is 14.7. The Kier molecular flexibility index (Phi) is 4.59. The Hall–Kier alpha value is -2.34. The van der Waals surface area contributed by atoms with Crippen LogP contribution in [-0.4, -0.2) is 33.7 Å². The highest BCUT2D eigenvalue weighted by atomic mass is 32.2. The maximum atomic E-state index is 12.0. The van der Waals surface area contributed by atoms with Crippen LogP contribution in [0.3, 0.4) is 0 Å². The standard InChI is InChI=1S/C15H16N2O3S/c1-17(2)16-12-13-8-10-14(11-9-13)20-21(18,19)15-6-4-3-5-7-15/h3-12H,1-2H3/b16-12+. The van der Waals surface area contributed by atoms with Crippen LogP contribution in [0.5, 0.6) is 5.75 Å². The third-order valence-corrected chi connectivity index (χ3v) is 3.82. The number of benzene rings is 2. The molecule has 0 amide bonds. The van der Waals surface area contributed by atoms with Crippen LogP contribution >= 0.6 is 0 Å². The zero-order valence-electron chi connectivity index (χ0n) is 11.8. The Morgan fingerprint density at radius 2 is 1.62 bits per heavy atom. The minimum Gasteiger partial charge on any atom is -0.379 e. The van der Waals surface area contributed by atoms with Gasteiger partial charge in [0.25, 0.3) is 0 Å². The van der Waals surface area contributed by atoms with Crippen LogP contribution in [-0.2, 0) is 10.1 Å². The molecule has 0 N–H and O–H groups in total. The van der Waals surface area contributed by atoms with E-state index in [1.165, 1.54) is 12.1 Å². The smallest absolute Gasteiger partial charge is 0.339 e. The van der Waals surface area contributed by atoms with Gasteiger partial charge < -0.3 is 9.19 Å². The first-order valence-corrected chi connectivity index (χ1v) is 7.69. The number of hydrogen-bond donors (Lipinski definition) is 0. The molecule has 0 radical (unpaired) electrons. The summed E-state index contributed by atoms with van der Waals surface area (Å²) in [5, 5.41) is 5.77. The van der Waals surface area contributed by atoms with E-state index in [4.69, 9.17) is 4.18 Å². The molecule has 6 heteroatoms. The second-order valence-electron chi connectivity index (χ2n) is 4.51. The molecule has 0 atom stereocenters. The molecule has 0 unspecified atom stereocenters. The van der Waals surface area contributed by atoms with Gasteiger partial charge in [0.2, 0.25) is 0 Å². The molecule has 21 heavy (non-hydrogen) atoms. The van der Waals surface area contributed by atoms with Gasteiger partial charge in [0.15, 0.2) is 0 Å². The van der Waals surface area contributed by atoms with Crippen LogP contribution in [0.4, 0.5) is 0 Å². The maximum Gasteiger partial charge on any atom is 0.339 e. The van der Waals surface area contributed by atoms with Gasteiger partial charge in [0, 0.05) is 14.1 Å². The molecule has 5 nitrogen and oxygen atoms in total. The molecule has 0 heterocycles. The zero-order chi connectivity index (χ0) is 15.3.